The summed E-state index contributed by atoms with van der Waals surface area (Å²) in [6.45, 7) is 3.43. The Hall–Kier alpha value is -4.26. The lowest BCUT2D eigenvalue weighted by molar-refractivity contribution is -0.121. The summed E-state index contributed by atoms with van der Waals surface area (Å²) in [6, 6.07) is 23.8. The van der Waals surface area contributed by atoms with Crippen LogP contribution in [0.15, 0.2) is 79.0 Å². The number of nitrogens with one attached hydrogen (secondary N) is 1. The van der Waals surface area contributed by atoms with Gasteiger partial charge < -0.3 is 19.5 Å². The highest BCUT2D eigenvalue weighted by Crippen LogP contribution is 2.36. The van der Waals surface area contributed by atoms with E-state index in [4.69, 9.17) is 19.3 Å². The first-order valence-corrected chi connectivity index (χ1v) is 12.2. The predicted molar refractivity (Wildman–Crippen MR) is 138 cm³/mol. The van der Waals surface area contributed by atoms with Gasteiger partial charge >= 0.3 is 0 Å². The molecule has 0 aliphatic carbocycles. The Morgan fingerprint density at radius 2 is 1.81 bits per heavy atom. The monoisotopic (exact) mass is 483 g/mol. The van der Waals surface area contributed by atoms with Crippen LogP contribution in [0.5, 0.6) is 17.2 Å². The van der Waals surface area contributed by atoms with Crippen molar-refractivity contribution >= 4 is 5.91 Å². The lowest BCUT2D eigenvalue weighted by atomic mass is 10.0. The molecule has 4 aromatic rings. The van der Waals surface area contributed by atoms with Crippen molar-refractivity contribution in [3.63, 3.8) is 0 Å². The number of rotatable bonds is 10. The number of amides is 1. The molecular formula is C29H29N3O4. The minimum atomic E-state index is 0.0186. The van der Waals surface area contributed by atoms with Gasteiger partial charge in [0.25, 0.3) is 0 Å². The molecule has 1 N–H and O–H groups in total. The molecule has 7 nitrogen and oxygen atoms in total. The highest BCUT2D eigenvalue weighted by Gasteiger charge is 2.18. The van der Waals surface area contributed by atoms with E-state index in [2.05, 4.69) is 5.32 Å². The molecule has 5 rings (SSSR count). The van der Waals surface area contributed by atoms with E-state index in [-0.39, 0.29) is 12.7 Å². The Morgan fingerprint density at radius 1 is 1.00 bits per heavy atom. The van der Waals surface area contributed by atoms with Crippen molar-refractivity contribution in [2.75, 3.05) is 19.9 Å². The fraction of sp³-hybridized carbons (Fsp3) is 0.241. The zero-order valence-electron chi connectivity index (χ0n) is 20.3. The quantitative estimate of drug-likeness (QED) is 0.345. The van der Waals surface area contributed by atoms with E-state index in [1.54, 1.807) is 0 Å². The van der Waals surface area contributed by atoms with Crippen molar-refractivity contribution in [3.05, 3.63) is 90.1 Å². The van der Waals surface area contributed by atoms with Crippen LogP contribution in [0.3, 0.4) is 0 Å². The van der Waals surface area contributed by atoms with Crippen LogP contribution in [-0.4, -0.2) is 35.6 Å². The van der Waals surface area contributed by atoms with Gasteiger partial charge in [0.05, 0.1) is 18.0 Å². The molecule has 1 aliphatic rings. The van der Waals surface area contributed by atoms with E-state index in [0.717, 1.165) is 46.0 Å². The van der Waals surface area contributed by atoms with Crippen molar-refractivity contribution in [1.82, 2.24) is 15.1 Å². The molecular weight excluding hydrogens is 454 g/mol. The minimum absolute atomic E-state index is 0.0186. The van der Waals surface area contributed by atoms with Crippen LogP contribution < -0.4 is 19.5 Å². The lowest BCUT2D eigenvalue weighted by Gasteiger charge is -2.07. The Bertz CT molecular complexity index is 1320. The second-order valence-corrected chi connectivity index (χ2v) is 8.53. The van der Waals surface area contributed by atoms with Gasteiger partial charge in [0, 0.05) is 24.7 Å². The third-order valence-electron chi connectivity index (χ3n) is 6.05. The number of aryl methyl sites for hydroxylation is 1. The number of hydrogen-bond acceptors (Lipinski definition) is 5. The van der Waals surface area contributed by atoms with Crippen molar-refractivity contribution in [2.24, 2.45) is 0 Å². The van der Waals surface area contributed by atoms with Crippen LogP contribution in [0.25, 0.3) is 16.9 Å². The molecule has 1 aromatic heterocycles. The summed E-state index contributed by atoms with van der Waals surface area (Å²) in [5.74, 6) is 2.32. The molecule has 0 spiro atoms. The average Bonchev–Trinajstić information content (AvgIpc) is 3.56. The summed E-state index contributed by atoms with van der Waals surface area (Å²) in [7, 11) is 0. The number of fused-ring (bicyclic) bond motifs is 1. The van der Waals surface area contributed by atoms with Gasteiger partial charge in [0.2, 0.25) is 12.7 Å². The maximum absolute atomic E-state index is 12.6. The number of ether oxygens (including phenoxy) is 3. The molecule has 184 valence electrons. The standard InChI is InChI=1S/C29H29N3O4/c1-2-34-25-12-8-21(9-13-25)16-17-30-28(33)15-11-23-19-32(24-6-4-3-5-7-24)31-29(23)22-10-14-26-27(18-22)36-20-35-26/h3-10,12-14,18-19H,2,11,15-17,20H2,1H3,(H,30,33). The fourth-order valence-electron chi connectivity index (χ4n) is 4.19. The largest absolute Gasteiger partial charge is 0.494 e. The summed E-state index contributed by atoms with van der Waals surface area (Å²) in [6.07, 6.45) is 3.72. The summed E-state index contributed by atoms with van der Waals surface area (Å²) in [5, 5.41) is 7.89. The van der Waals surface area contributed by atoms with Crippen LogP contribution in [-0.2, 0) is 17.6 Å². The lowest BCUT2D eigenvalue weighted by Crippen LogP contribution is -2.25. The third kappa shape index (κ3) is 5.51. The second kappa shape index (κ2) is 11.0. The van der Waals surface area contributed by atoms with Crippen LogP contribution in [0.2, 0.25) is 0 Å². The zero-order valence-corrected chi connectivity index (χ0v) is 20.3. The van der Waals surface area contributed by atoms with Gasteiger partial charge in [-0.25, -0.2) is 4.68 Å². The first kappa shape index (κ1) is 23.5. The van der Waals surface area contributed by atoms with Gasteiger partial charge in [-0.15, -0.1) is 0 Å². The maximum Gasteiger partial charge on any atom is 0.231 e. The van der Waals surface area contributed by atoms with E-state index in [9.17, 15) is 4.79 Å². The van der Waals surface area contributed by atoms with E-state index in [0.29, 0.717) is 31.7 Å². The van der Waals surface area contributed by atoms with E-state index >= 15 is 0 Å². The molecule has 3 aromatic carbocycles. The van der Waals surface area contributed by atoms with Crippen molar-refractivity contribution in [1.29, 1.82) is 0 Å². The minimum Gasteiger partial charge on any atom is -0.494 e. The van der Waals surface area contributed by atoms with Crippen LogP contribution in [0, 0.1) is 0 Å². The average molecular weight is 484 g/mol. The highest BCUT2D eigenvalue weighted by molar-refractivity contribution is 5.77. The van der Waals surface area contributed by atoms with Gasteiger partial charge in [-0.3, -0.25) is 4.79 Å². The molecule has 0 unspecified atom stereocenters. The molecule has 0 radical (unpaired) electrons. The molecule has 7 heteroatoms. The number of para-hydroxylation sites is 1. The van der Waals surface area contributed by atoms with Gasteiger partial charge in [-0.1, -0.05) is 30.3 Å². The van der Waals surface area contributed by atoms with Crippen LogP contribution in [0.4, 0.5) is 0 Å². The number of hydrogen-bond donors (Lipinski definition) is 1. The molecule has 2 heterocycles. The highest BCUT2D eigenvalue weighted by atomic mass is 16.7. The Morgan fingerprint density at radius 3 is 2.61 bits per heavy atom. The number of aromatic nitrogens is 2. The fourth-order valence-corrected chi connectivity index (χ4v) is 4.19. The third-order valence-corrected chi connectivity index (χ3v) is 6.05. The molecule has 0 fully saturated rings. The zero-order chi connectivity index (χ0) is 24.7. The molecule has 0 bridgehead atoms. The maximum atomic E-state index is 12.6. The van der Waals surface area contributed by atoms with Gasteiger partial charge in [0.1, 0.15) is 5.75 Å². The first-order valence-electron chi connectivity index (χ1n) is 12.2. The summed E-state index contributed by atoms with van der Waals surface area (Å²) in [5.41, 5.74) is 4.89. The van der Waals surface area contributed by atoms with E-state index in [1.807, 2.05) is 90.6 Å². The molecule has 0 atom stereocenters. The smallest absolute Gasteiger partial charge is 0.231 e. The Balaban J connectivity index is 1.25. The second-order valence-electron chi connectivity index (χ2n) is 8.53. The normalized spacial score (nSPS) is 11.9. The van der Waals surface area contributed by atoms with Gasteiger partial charge in [0.15, 0.2) is 11.5 Å². The number of nitrogens with zero attached hydrogens (tertiary/aromatic N) is 2. The van der Waals surface area contributed by atoms with Crippen molar-refractivity contribution in [2.45, 2.75) is 26.2 Å². The van der Waals surface area contributed by atoms with Crippen molar-refractivity contribution < 1.29 is 19.0 Å². The summed E-state index contributed by atoms with van der Waals surface area (Å²) in [4.78, 5) is 12.6. The molecule has 0 saturated heterocycles. The summed E-state index contributed by atoms with van der Waals surface area (Å²) >= 11 is 0. The SMILES string of the molecule is CCOc1ccc(CCNC(=O)CCc2cn(-c3ccccc3)nc2-c2ccc3c(c2)OCO3)cc1. The molecule has 1 aliphatic heterocycles. The first-order chi connectivity index (χ1) is 17.7. The predicted octanol–water partition coefficient (Wildman–Crippen LogP) is 4.96. The Kier molecular flexibility index (Phi) is 7.17. The molecule has 36 heavy (non-hydrogen) atoms. The van der Waals surface area contributed by atoms with E-state index < -0.39 is 0 Å². The number of carbonyl (C=O) groups excluding carboxylic acids is 1. The van der Waals surface area contributed by atoms with Crippen LogP contribution >= 0.6 is 0 Å². The topological polar surface area (TPSA) is 74.6 Å². The van der Waals surface area contributed by atoms with Gasteiger partial charge in [-0.2, -0.15) is 5.10 Å². The van der Waals surface area contributed by atoms with E-state index in [1.165, 1.54) is 0 Å². The van der Waals surface area contributed by atoms with Crippen molar-refractivity contribution in [3.8, 4) is 34.2 Å². The molecule has 1 amide bonds. The van der Waals surface area contributed by atoms with Crippen LogP contribution in [0.1, 0.15) is 24.5 Å². The number of carbonyl (C=O) groups is 1. The van der Waals surface area contributed by atoms with Gasteiger partial charge in [-0.05, 0) is 73.4 Å². The number of benzene rings is 3. The molecule has 0 saturated carbocycles. The summed E-state index contributed by atoms with van der Waals surface area (Å²) < 4.78 is 18.4. The Labute approximate surface area is 210 Å².